The Kier molecular flexibility index (Phi) is 3.12. The Hall–Kier alpha value is -2.40. The van der Waals surface area contributed by atoms with Gasteiger partial charge in [0.05, 0.1) is 28.3 Å². The number of nitrogens with zero attached hydrogens (tertiary/aromatic N) is 4. The van der Waals surface area contributed by atoms with Gasteiger partial charge in [-0.3, -0.25) is 9.97 Å². The molecule has 6 heteroatoms. The summed E-state index contributed by atoms with van der Waals surface area (Å²) in [6.45, 7) is 1.87. The van der Waals surface area contributed by atoms with Gasteiger partial charge in [-0.15, -0.1) is 0 Å². The third-order valence-corrected chi connectivity index (χ3v) is 3.27. The number of hydrogen-bond donors (Lipinski definition) is 1. The van der Waals surface area contributed by atoms with Crippen molar-refractivity contribution in [2.24, 2.45) is 0 Å². The van der Waals surface area contributed by atoms with Crippen molar-refractivity contribution in [3.05, 3.63) is 53.6 Å². The summed E-state index contributed by atoms with van der Waals surface area (Å²) >= 11 is 6.17. The summed E-state index contributed by atoms with van der Waals surface area (Å²) in [5.41, 5.74) is 9.41. The molecule has 0 aliphatic carbocycles. The van der Waals surface area contributed by atoms with Gasteiger partial charge in [-0.1, -0.05) is 23.7 Å². The highest BCUT2D eigenvalue weighted by Gasteiger charge is 2.14. The van der Waals surface area contributed by atoms with Crippen LogP contribution in [0.2, 0.25) is 5.02 Å². The van der Waals surface area contributed by atoms with Crippen LogP contribution in [0.4, 0.5) is 5.69 Å². The normalized spacial score (nSPS) is 10.7. The van der Waals surface area contributed by atoms with Crippen LogP contribution in [0.15, 0.2) is 42.9 Å². The van der Waals surface area contributed by atoms with Crippen molar-refractivity contribution in [2.45, 2.75) is 6.92 Å². The summed E-state index contributed by atoms with van der Waals surface area (Å²) in [6.07, 6.45) is 4.99. The zero-order chi connectivity index (χ0) is 14.1. The highest BCUT2D eigenvalue weighted by Crippen LogP contribution is 2.27. The summed E-state index contributed by atoms with van der Waals surface area (Å²) < 4.78 is 1.65. The van der Waals surface area contributed by atoms with Crippen LogP contribution in [-0.4, -0.2) is 19.7 Å². The van der Waals surface area contributed by atoms with Gasteiger partial charge in [-0.05, 0) is 19.1 Å². The molecule has 0 atom stereocenters. The second-order valence-electron chi connectivity index (χ2n) is 4.32. The Labute approximate surface area is 121 Å². The van der Waals surface area contributed by atoms with E-state index >= 15 is 0 Å². The number of aromatic nitrogens is 4. The van der Waals surface area contributed by atoms with Crippen molar-refractivity contribution in [3.63, 3.8) is 0 Å². The van der Waals surface area contributed by atoms with E-state index in [-0.39, 0.29) is 0 Å². The number of nitrogen functional groups attached to an aromatic ring is 1. The molecule has 3 aromatic rings. The Bertz CT molecular complexity index is 766. The first-order valence-electron chi connectivity index (χ1n) is 6.05. The fraction of sp³-hybridized carbons (Fsp3) is 0.0714. The molecule has 0 amide bonds. The number of nitrogens with two attached hydrogens (primary N) is 1. The van der Waals surface area contributed by atoms with Gasteiger partial charge < -0.3 is 5.73 Å². The van der Waals surface area contributed by atoms with E-state index in [1.54, 1.807) is 23.3 Å². The first kappa shape index (κ1) is 12.6. The minimum atomic E-state index is 0.536. The monoisotopic (exact) mass is 285 g/mol. The van der Waals surface area contributed by atoms with E-state index in [0.717, 1.165) is 11.4 Å². The molecule has 5 nitrogen and oxygen atoms in total. The fourth-order valence-corrected chi connectivity index (χ4v) is 2.19. The molecule has 0 fully saturated rings. The van der Waals surface area contributed by atoms with Gasteiger partial charge in [0.25, 0.3) is 0 Å². The Morgan fingerprint density at radius 2 is 1.85 bits per heavy atom. The Morgan fingerprint density at radius 1 is 1.10 bits per heavy atom. The van der Waals surface area contributed by atoms with Gasteiger partial charge in [0.15, 0.2) is 0 Å². The van der Waals surface area contributed by atoms with E-state index in [1.807, 2.05) is 31.2 Å². The van der Waals surface area contributed by atoms with E-state index < -0.39 is 0 Å². The number of para-hydroxylation sites is 1. The molecule has 0 bridgehead atoms. The Morgan fingerprint density at radius 3 is 2.60 bits per heavy atom. The quantitative estimate of drug-likeness (QED) is 0.786. The zero-order valence-corrected chi connectivity index (χ0v) is 11.5. The minimum Gasteiger partial charge on any atom is -0.396 e. The highest BCUT2D eigenvalue weighted by molar-refractivity contribution is 6.32. The lowest BCUT2D eigenvalue weighted by Crippen LogP contribution is -1.97. The molecule has 0 radical (unpaired) electrons. The summed E-state index contributed by atoms with van der Waals surface area (Å²) in [5.74, 6) is 0. The third-order valence-electron chi connectivity index (χ3n) is 2.95. The van der Waals surface area contributed by atoms with Crippen LogP contribution < -0.4 is 5.73 Å². The maximum absolute atomic E-state index is 6.17. The van der Waals surface area contributed by atoms with Crippen molar-refractivity contribution >= 4 is 17.3 Å². The van der Waals surface area contributed by atoms with Crippen molar-refractivity contribution < 1.29 is 0 Å². The largest absolute Gasteiger partial charge is 0.396 e. The van der Waals surface area contributed by atoms with Gasteiger partial charge in [0.1, 0.15) is 11.4 Å². The molecule has 20 heavy (non-hydrogen) atoms. The average molecular weight is 286 g/mol. The molecule has 0 saturated carbocycles. The van der Waals surface area contributed by atoms with Gasteiger partial charge in [0, 0.05) is 12.4 Å². The molecule has 0 unspecified atom stereocenters. The molecule has 0 spiro atoms. The summed E-state index contributed by atoms with van der Waals surface area (Å²) in [7, 11) is 0. The first-order chi connectivity index (χ1) is 9.66. The van der Waals surface area contributed by atoms with Crippen LogP contribution in [0.25, 0.3) is 17.1 Å². The lowest BCUT2D eigenvalue weighted by Gasteiger charge is -2.03. The van der Waals surface area contributed by atoms with Gasteiger partial charge in [0.2, 0.25) is 0 Å². The standard InChI is InChI=1S/C14H12ClN5/c1-9-13(18-7-6-17-9)14-11(16)8-20(19-14)12-5-3-2-4-10(12)15/h2-8H,16H2,1H3. The number of hydrogen-bond acceptors (Lipinski definition) is 4. The lowest BCUT2D eigenvalue weighted by molar-refractivity contribution is 0.881. The molecule has 2 aromatic heterocycles. The Balaban J connectivity index is 2.13. The van der Waals surface area contributed by atoms with Crippen LogP contribution in [-0.2, 0) is 0 Å². The van der Waals surface area contributed by atoms with Crippen LogP contribution >= 0.6 is 11.6 Å². The van der Waals surface area contributed by atoms with E-state index in [1.165, 1.54) is 0 Å². The maximum atomic E-state index is 6.17. The average Bonchev–Trinajstić information content (AvgIpc) is 2.81. The van der Waals surface area contributed by atoms with E-state index in [9.17, 15) is 0 Å². The second kappa shape index (κ2) is 4.94. The molecule has 0 aliphatic heterocycles. The lowest BCUT2D eigenvalue weighted by atomic mass is 10.2. The van der Waals surface area contributed by atoms with Crippen LogP contribution in [0.3, 0.4) is 0 Å². The topological polar surface area (TPSA) is 69.6 Å². The van der Waals surface area contributed by atoms with E-state index in [4.69, 9.17) is 17.3 Å². The molecule has 2 heterocycles. The first-order valence-corrected chi connectivity index (χ1v) is 6.42. The second-order valence-corrected chi connectivity index (χ2v) is 4.73. The number of halogens is 1. The van der Waals surface area contributed by atoms with E-state index in [0.29, 0.717) is 22.1 Å². The third kappa shape index (κ3) is 2.12. The molecule has 0 saturated heterocycles. The van der Waals surface area contributed by atoms with Gasteiger partial charge in [-0.25, -0.2) is 4.68 Å². The smallest absolute Gasteiger partial charge is 0.136 e. The predicted octanol–water partition coefficient (Wildman–Crippen LogP) is 2.87. The summed E-state index contributed by atoms with van der Waals surface area (Å²) in [6, 6.07) is 7.45. The van der Waals surface area contributed by atoms with Crippen molar-refractivity contribution in [1.29, 1.82) is 0 Å². The van der Waals surface area contributed by atoms with Gasteiger partial charge in [-0.2, -0.15) is 5.10 Å². The molecule has 3 rings (SSSR count). The van der Waals surface area contributed by atoms with Crippen LogP contribution in [0.1, 0.15) is 5.69 Å². The number of anilines is 1. The number of aryl methyl sites for hydroxylation is 1. The van der Waals surface area contributed by atoms with Crippen LogP contribution in [0.5, 0.6) is 0 Å². The van der Waals surface area contributed by atoms with Gasteiger partial charge >= 0.3 is 0 Å². The van der Waals surface area contributed by atoms with Crippen molar-refractivity contribution in [1.82, 2.24) is 19.7 Å². The fourth-order valence-electron chi connectivity index (χ4n) is 1.97. The number of rotatable bonds is 2. The SMILES string of the molecule is Cc1nccnc1-c1nn(-c2ccccc2Cl)cc1N. The summed E-state index contributed by atoms with van der Waals surface area (Å²) in [4.78, 5) is 8.49. The van der Waals surface area contributed by atoms with E-state index in [2.05, 4.69) is 15.1 Å². The zero-order valence-electron chi connectivity index (χ0n) is 10.8. The van der Waals surface area contributed by atoms with Crippen molar-refractivity contribution in [3.8, 4) is 17.1 Å². The maximum Gasteiger partial charge on any atom is 0.136 e. The highest BCUT2D eigenvalue weighted by atomic mass is 35.5. The summed E-state index contributed by atoms with van der Waals surface area (Å²) in [5, 5.41) is 5.09. The molecule has 2 N–H and O–H groups in total. The van der Waals surface area contributed by atoms with Crippen LogP contribution in [0, 0.1) is 6.92 Å². The molecular weight excluding hydrogens is 274 g/mol. The molecular formula is C14H12ClN5. The van der Waals surface area contributed by atoms with Crippen molar-refractivity contribution in [2.75, 3.05) is 5.73 Å². The minimum absolute atomic E-state index is 0.536. The predicted molar refractivity (Wildman–Crippen MR) is 78.7 cm³/mol. The molecule has 0 aliphatic rings. The molecule has 1 aromatic carbocycles. The number of benzene rings is 1. The molecule has 100 valence electrons.